The zero-order valence-corrected chi connectivity index (χ0v) is 15.0. The molecule has 0 fully saturated rings. The molecule has 1 aliphatic carbocycles. The van der Waals surface area contributed by atoms with Crippen molar-refractivity contribution in [3.05, 3.63) is 41.5 Å². The molecule has 116 valence electrons. The van der Waals surface area contributed by atoms with E-state index in [1.807, 2.05) is 32.0 Å². The number of carbonyl (C=O) groups is 1. The first-order valence-corrected chi connectivity index (χ1v) is 11.4. The maximum atomic E-state index is 12.9. The molecule has 3 heteroatoms. The normalized spacial score (nSPS) is 21.0. The fourth-order valence-corrected chi connectivity index (χ4v) is 5.28. The Balaban J connectivity index is 2.44. The Morgan fingerprint density at radius 3 is 2.45 bits per heavy atom. The van der Waals surface area contributed by atoms with Crippen LogP contribution in [-0.2, 0) is 6.42 Å². The highest BCUT2D eigenvalue weighted by Gasteiger charge is 2.42. The van der Waals surface area contributed by atoms with E-state index in [9.17, 15) is 9.90 Å². The second kappa shape index (κ2) is 4.77. The molecule has 0 heterocycles. The lowest BCUT2D eigenvalue weighted by molar-refractivity contribution is 0.0342. The van der Waals surface area contributed by atoms with Gasteiger partial charge in [0.15, 0.2) is 5.78 Å². The molecular weight excluding hydrogens is 288 g/mol. The van der Waals surface area contributed by atoms with Gasteiger partial charge in [-0.2, -0.15) is 0 Å². The molecule has 0 saturated heterocycles. The molecule has 2 aromatic carbocycles. The zero-order chi connectivity index (χ0) is 16.3. The Labute approximate surface area is 133 Å². The predicted octanol–water partition coefficient (Wildman–Crippen LogP) is 3.51. The summed E-state index contributed by atoms with van der Waals surface area (Å²) >= 11 is 0. The molecule has 0 radical (unpaired) electrons. The topological polar surface area (TPSA) is 37.3 Å². The van der Waals surface area contributed by atoms with Crippen molar-refractivity contribution in [2.75, 3.05) is 0 Å². The average molecular weight is 312 g/mol. The van der Waals surface area contributed by atoms with Gasteiger partial charge in [-0.05, 0) is 22.8 Å². The van der Waals surface area contributed by atoms with Crippen LogP contribution < -0.4 is 5.19 Å². The second-order valence-electron chi connectivity index (χ2n) is 8.18. The van der Waals surface area contributed by atoms with Crippen LogP contribution in [0.2, 0.25) is 19.6 Å². The van der Waals surface area contributed by atoms with E-state index in [1.165, 1.54) is 10.8 Å². The quantitative estimate of drug-likeness (QED) is 0.818. The van der Waals surface area contributed by atoms with Gasteiger partial charge >= 0.3 is 0 Å². The number of benzene rings is 2. The fraction of sp³-hybridized carbons (Fsp3) is 0.421. The van der Waals surface area contributed by atoms with E-state index in [4.69, 9.17) is 0 Å². The van der Waals surface area contributed by atoms with Gasteiger partial charge in [-0.1, -0.05) is 69.0 Å². The molecule has 1 atom stereocenters. The first-order valence-electron chi connectivity index (χ1n) is 7.90. The third-order valence-corrected chi connectivity index (χ3v) is 6.89. The van der Waals surface area contributed by atoms with Gasteiger partial charge in [-0.3, -0.25) is 4.79 Å². The van der Waals surface area contributed by atoms with Gasteiger partial charge < -0.3 is 5.11 Å². The minimum absolute atomic E-state index is 0.109. The van der Waals surface area contributed by atoms with Crippen LogP contribution in [-0.4, -0.2) is 25.1 Å². The van der Waals surface area contributed by atoms with Crippen LogP contribution in [0.4, 0.5) is 0 Å². The summed E-state index contributed by atoms with van der Waals surface area (Å²) in [5.74, 6) is -0.109. The summed E-state index contributed by atoms with van der Waals surface area (Å²) in [5.41, 5.74) is 1.54. The Morgan fingerprint density at radius 1 is 1.18 bits per heavy atom. The van der Waals surface area contributed by atoms with Gasteiger partial charge in [-0.15, -0.1) is 0 Å². The molecule has 3 rings (SSSR count). The summed E-state index contributed by atoms with van der Waals surface area (Å²) in [6, 6.07) is 10.3. The smallest absolute Gasteiger partial charge is 0.192 e. The Morgan fingerprint density at radius 2 is 1.82 bits per heavy atom. The van der Waals surface area contributed by atoms with Crippen molar-refractivity contribution in [1.82, 2.24) is 0 Å². The minimum atomic E-state index is -1.58. The number of ketones is 1. The van der Waals surface area contributed by atoms with E-state index >= 15 is 0 Å². The summed E-state index contributed by atoms with van der Waals surface area (Å²) in [6.45, 7) is 10.9. The first kappa shape index (κ1) is 15.4. The van der Waals surface area contributed by atoms with Crippen LogP contribution in [0.25, 0.3) is 10.8 Å². The minimum Gasteiger partial charge on any atom is -0.384 e. The molecule has 2 nitrogen and oxygen atoms in total. The van der Waals surface area contributed by atoms with Crippen LogP contribution in [0, 0.1) is 5.41 Å². The monoisotopic (exact) mass is 312 g/mol. The summed E-state index contributed by atoms with van der Waals surface area (Å²) in [7, 11) is -1.58. The third kappa shape index (κ3) is 2.24. The highest BCUT2D eigenvalue weighted by molar-refractivity contribution is 6.89. The fourth-order valence-electron chi connectivity index (χ4n) is 3.57. The largest absolute Gasteiger partial charge is 0.384 e. The van der Waals surface area contributed by atoms with Crippen LogP contribution in [0.3, 0.4) is 0 Å². The van der Waals surface area contributed by atoms with Gasteiger partial charge in [0, 0.05) is 11.0 Å². The molecule has 22 heavy (non-hydrogen) atoms. The van der Waals surface area contributed by atoms with Crippen molar-refractivity contribution in [1.29, 1.82) is 0 Å². The molecule has 0 saturated carbocycles. The highest BCUT2D eigenvalue weighted by atomic mass is 28.3. The number of Topliss-reactive ketones (excluding diaryl/α,β-unsaturated/α-hetero) is 1. The van der Waals surface area contributed by atoms with Gasteiger partial charge in [0.2, 0.25) is 0 Å². The van der Waals surface area contributed by atoms with E-state index in [0.717, 1.165) is 22.8 Å². The number of aliphatic hydroxyl groups is 1. The van der Waals surface area contributed by atoms with Crippen molar-refractivity contribution in [3.8, 4) is 0 Å². The second-order valence-corrected chi connectivity index (χ2v) is 13.2. The summed E-state index contributed by atoms with van der Waals surface area (Å²) in [5, 5.41) is 13.9. The molecule has 1 aliphatic rings. The van der Waals surface area contributed by atoms with Crippen molar-refractivity contribution in [2.24, 2.45) is 5.41 Å². The predicted molar refractivity (Wildman–Crippen MR) is 94.8 cm³/mol. The van der Waals surface area contributed by atoms with Gasteiger partial charge in [0.25, 0.3) is 0 Å². The Hall–Kier alpha value is -1.45. The molecule has 0 aliphatic heterocycles. The molecule has 0 bridgehead atoms. The molecule has 2 aromatic rings. The molecule has 0 aromatic heterocycles. The van der Waals surface area contributed by atoms with Crippen LogP contribution in [0.15, 0.2) is 30.3 Å². The lowest BCUT2D eigenvalue weighted by Crippen LogP contribution is -2.49. The van der Waals surface area contributed by atoms with Crippen LogP contribution in [0.1, 0.15) is 29.8 Å². The van der Waals surface area contributed by atoms with Crippen molar-refractivity contribution < 1.29 is 9.90 Å². The highest BCUT2D eigenvalue weighted by Crippen LogP contribution is 2.38. The lowest BCUT2D eigenvalue weighted by atomic mass is 9.70. The summed E-state index contributed by atoms with van der Waals surface area (Å²) in [4.78, 5) is 12.9. The molecule has 1 unspecified atom stereocenters. The van der Waals surface area contributed by atoms with E-state index in [0.29, 0.717) is 0 Å². The van der Waals surface area contributed by atoms with E-state index in [-0.39, 0.29) is 5.78 Å². The number of fused-ring (bicyclic) bond motifs is 3. The average Bonchev–Trinajstić information content (AvgIpc) is 2.42. The summed E-state index contributed by atoms with van der Waals surface area (Å²) in [6.07, 6.45) is -0.153. The van der Waals surface area contributed by atoms with E-state index < -0.39 is 19.6 Å². The number of hydrogen-bond acceptors (Lipinski definition) is 2. The van der Waals surface area contributed by atoms with Crippen LogP contribution >= 0.6 is 0 Å². The number of carbonyl (C=O) groups excluding carboxylic acids is 1. The third-order valence-electron chi connectivity index (χ3n) is 4.83. The molecular formula is C19H24O2Si. The van der Waals surface area contributed by atoms with Gasteiger partial charge in [0.1, 0.15) is 6.10 Å². The van der Waals surface area contributed by atoms with Crippen LogP contribution in [0.5, 0.6) is 0 Å². The SMILES string of the molecule is CC1(C)Cc2c([Si](C)(C)C)cc3ccccc3c2C(=O)C1O. The molecule has 1 N–H and O–H groups in total. The van der Waals surface area contributed by atoms with Crippen molar-refractivity contribution in [3.63, 3.8) is 0 Å². The number of hydrogen-bond donors (Lipinski definition) is 1. The van der Waals surface area contributed by atoms with Crippen molar-refractivity contribution >= 4 is 29.8 Å². The lowest BCUT2D eigenvalue weighted by Gasteiger charge is -2.38. The Bertz CT molecular complexity index is 769. The standard InChI is InChI=1S/C19H24O2Si/c1-19(2)11-14-15(22(3,4)5)10-12-8-6-7-9-13(12)16(14)17(20)18(19)21/h6-10,18,21H,11H2,1-5H3. The maximum Gasteiger partial charge on any atom is 0.192 e. The van der Waals surface area contributed by atoms with Gasteiger partial charge in [0.05, 0.1) is 8.07 Å². The van der Waals surface area contributed by atoms with E-state index in [2.05, 4.69) is 31.8 Å². The molecule has 0 amide bonds. The molecule has 0 spiro atoms. The first-order chi connectivity index (χ1) is 10.1. The number of aliphatic hydroxyl groups excluding tert-OH is 1. The van der Waals surface area contributed by atoms with E-state index in [1.54, 1.807) is 0 Å². The Kier molecular flexibility index (Phi) is 3.35. The zero-order valence-electron chi connectivity index (χ0n) is 14.0. The van der Waals surface area contributed by atoms with Crippen molar-refractivity contribution in [2.45, 2.75) is 46.0 Å². The maximum absolute atomic E-state index is 12.9. The summed E-state index contributed by atoms with van der Waals surface area (Å²) < 4.78 is 0. The number of rotatable bonds is 1. The van der Waals surface area contributed by atoms with Gasteiger partial charge in [-0.25, -0.2) is 0 Å².